The first-order chi connectivity index (χ1) is 13.6. The molecule has 0 saturated heterocycles. The highest BCUT2D eigenvalue weighted by atomic mass is 32.2. The summed E-state index contributed by atoms with van der Waals surface area (Å²) in [5, 5.41) is 12.5. The average molecular weight is 401 g/mol. The number of aryl methyl sites for hydroxylation is 3. The van der Waals surface area contributed by atoms with Gasteiger partial charge in [0.15, 0.2) is 11.5 Å². The molecule has 0 aliphatic carbocycles. The Morgan fingerprint density at radius 3 is 2.82 bits per heavy atom. The Morgan fingerprint density at radius 2 is 2.11 bits per heavy atom. The van der Waals surface area contributed by atoms with E-state index in [0.717, 1.165) is 51.7 Å². The Hall–Kier alpha value is -2.68. The van der Waals surface area contributed by atoms with Gasteiger partial charge in [0, 0.05) is 19.0 Å². The first-order valence-electron chi connectivity index (χ1n) is 8.98. The number of oxime groups is 1. The van der Waals surface area contributed by atoms with Crippen molar-refractivity contribution in [1.29, 1.82) is 0 Å². The molecule has 3 rings (SSSR count). The Bertz CT molecular complexity index is 1000. The monoisotopic (exact) mass is 400 g/mol. The van der Waals surface area contributed by atoms with E-state index < -0.39 is 0 Å². The van der Waals surface area contributed by atoms with Crippen LogP contribution in [0.2, 0.25) is 0 Å². The molecule has 9 heteroatoms. The van der Waals surface area contributed by atoms with Gasteiger partial charge in [-0.15, -0.1) is 5.10 Å². The van der Waals surface area contributed by atoms with E-state index in [1.165, 1.54) is 0 Å². The third-order valence-corrected chi connectivity index (χ3v) is 4.84. The van der Waals surface area contributed by atoms with E-state index in [1.54, 1.807) is 25.1 Å². The Balaban J connectivity index is 1.99. The fraction of sp³-hybridized carbons (Fsp3) is 0.421. The van der Waals surface area contributed by atoms with Crippen molar-refractivity contribution in [2.75, 3.05) is 25.7 Å². The second kappa shape index (κ2) is 9.01. The van der Waals surface area contributed by atoms with E-state index in [0.29, 0.717) is 12.5 Å². The van der Waals surface area contributed by atoms with E-state index >= 15 is 0 Å². The molecule has 0 aromatic carbocycles. The molecular weight excluding hydrogens is 376 g/mol. The van der Waals surface area contributed by atoms with Crippen molar-refractivity contribution < 1.29 is 9.57 Å². The maximum Gasteiger partial charge on any atom is 0.258 e. The van der Waals surface area contributed by atoms with Crippen molar-refractivity contribution in [2.45, 2.75) is 20.3 Å². The van der Waals surface area contributed by atoms with Crippen LogP contribution in [0.25, 0.3) is 22.7 Å². The van der Waals surface area contributed by atoms with Gasteiger partial charge in [-0.2, -0.15) is 16.9 Å². The third kappa shape index (κ3) is 4.09. The minimum atomic E-state index is 0.404. The first-order valence-corrected chi connectivity index (χ1v) is 10.4. The quantitative estimate of drug-likeness (QED) is 0.261. The van der Waals surface area contributed by atoms with Crippen LogP contribution in [0.4, 0.5) is 0 Å². The van der Waals surface area contributed by atoms with E-state index in [-0.39, 0.29) is 0 Å². The lowest BCUT2D eigenvalue weighted by Gasteiger charge is -2.10. The van der Waals surface area contributed by atoms with E-state index in [4.69, 9.17) is 14.6 Å². The summed E-state index contributed by atoms with van der Waals surface area (Å²) in [5.41, 5.74) is 4.98. The number of thioether (sulfide) groups is 1. The molecule has 28 heavy (non-hydrogen) atoms. The molecular formula is C19H24N6O2S. The highest BCUT2D eigenvalue weighted by Gasteiger charge is 2.17. The SMILES string of the molecule is CCc1cc(/C(=N/OCCSC)OC)cnc1-c1nc2cc(C)nnc2n1C. The van der Waals surface area contributed by atoms with Gasteiger partial charge in [-0.3, -0.25) is 4.98 Å². The van der Waals surface area contributed by atoms with Crippen LogP contribution < -0.4 is 0 Å². The molecule has 0 saturated carbocycles. The van der Waals surface area contributed by atoms with Gasteiger partial charge >= 0.3 is 0 Å². The van der Waals surface area contributed by atoms with Gasteiger partial charge in [-0.25, -0.2) is 4.98 Å². The van der Waals surface area contributed by atoms with Gasteiger partial charge in [0.25, 0.3) is 5.90 Å². The van der Waals surface area contributed by atoms with Gasteiger partial charge in [-0.1, -0.05) is 6.92 Å². The van der Waals surface area contributed by atoms with Crippen molar-refractivity contribution in [2.24, 2.45) is 12.2 Å². The summed E-state index contributed by atoms with van der Waals surface area (Å²) >= 11 is 1.70. The van der Waals surface area contributed by atoms with E-state index in [1.807, 2.05) is 36.9 Å². The summed E-state index contributed by atoms with van der Waals surface area (Å²) in [7, 11) is 3.49. The smallest absolute Gasteiger partial charge is 0.258 e. The molecule has 0 N–H and O–H groups in total. The normalized spacial score (nSPS) is 11.8. The number of pyridine rings is 1. The maximum atomic E-state index is 5.39. The number of aromatic nitrogens is 5. The van der Waals surface area contributed by atoms with Crippen molar-refractivity contribution in [1.82, 2.24) is 24.7 Å². The molecule has 3 heterocycles. The molecule has 0 amide bonds. The zero-order valence-electron chi connectivity index (χ0n) is 16.8. The summed E-state index contributed by atoms with van der Waals surface area (Å²) in [4.78, 5) is 14.7. The molecule has 0 unspecified atom stereocenters. The highest BCUT2D eigenvalue weighted by Crippen LogP contribution is 2.25. The molecule has 0 aliphatic heterocycles. The van der Waals surface area contributed by atoms with Crippen LogP contribution in [0.1, 0.15) is 23.7 Å². The van der Waals surface area contributed by atoms with Crippen LogP contribution in [0.5, 0.6) is 0 Å². The largest absolute Gasteiger partial charge is 0.478 e. The fourth-order valence-corrected chi connectivity index (χ4v) is 3.06. The van der Waals surface area contributed by atoms with Crippen molar-refractivity contribution in [3.05, 3.63) is 35.2 Å². The lowest BCUT2D eigenvalue weighted by atomic mass is 10.1. The molecule has 0 atom stereocenters. The van der Waals surface area contributed by atoms with Crippen LogP contribution in [0.15, 0.2) is 23.5 Å². The van der Waals surface area contributed by atoms with Crippen LogP contribution in [-0.4, -0.2) is 56.4 Å². The van der Waals surface area contributed by atoms with Crippen LogP contribution in [-0.2, 0) is 23.0 Å². The number of hydrogen-bond acceptors (Lipinski definition) is 8. The molecule has 0 radical (unpaired) electrons. The summed E-state index contributed by atoms with van der Waals surface area (Å²) in [6.07, 6.45) is 4.54. The predicted molar refractivity (Wildman–Crippen MR) is 112 cm³/mol. The number of hydrogen-bond donors (Lipinski definition) is 0. The zero-order valence-corrected chi connectivity index (χ0v) is 17.6. The van der Waals surface area contributed by atoms with Gasteiger partial charge in [0.2, 0.25) is 0 Å². The molecule has 0 bridgehead atoms. The molecule has 3 aromatic heterocycles. The van der Waals surface area contributed by atoms with Gasteiger partial charge in [0.05, 0.1) is 18.4 Å². The topological polar surface area (TPSA) is 87.3 Å². The lowest BCUT2D eigenvalue weighted by Crippen LogP contribution is -2.08. The van der Waals surface area contributed by atoms with Crippen molar-refractivity contribution in [3.63, 3.8) is 0 Å². The molecule has 0 spiro atoms. The number of methoxy groups -OCH3 is 1. The number of rotatable bonds is 7. The van der Waals surface area contributed by atoms with Crippen LogP contribution in [0.3, 0.4) is 0 Å². The third-order valence-electron chi connectivity index (χ3n) is 4.26. The standard InChI is InChI=1S/C19H24N6O2S/c1-6-13-10-14(19(26-4)24-27-7-8-28-5)11-20-16(13)18-21-15-9-12(2)22-23-17(15)25(18)3/h9-11H,6-8H2,1-5H3/b24-19-. The number of imidazole rings is 1. The summed E-state index contributed by atoms with van der Waals surface area (Å²) in [6, 6.07) is 3.94. The Labute approximate surface area is 168 Å². The molecule has 148 valence electrons. The molecule has 0 aliphatic rings. The highest BCUT2D eigenvalue weighted by molar-refractivity contribution is 7.98. The summed E-state index contributed by atoms with van der Waals surface area (Å²) < 4.78 is 7.30. The van der Waals surface area contributed by atoms with Crippen molar-refractivity contribution >= 4 is 28.8 Å². The number of fused-ring (bicyclic) bond motifs is 1. The van der Waals surface area contributed by atoms with Crippen LogP contribution in [0, 0.1) is 6.92 Å². The lowest BCUT2D eigenvalue weighted by molar-refractivity contribution is 0.152. The van der Waals surface area contributed by atoms with Gasteiger partial charge < -0.3 is 14.1 Å². The maximum absolute atomic E-state index is 5.39. The van der Waals surface area contributed by atoms with Crippen LogP contribution >= 0.6 is 11.8 Å². The summed E-state index contributed by atoms with van der Waals surface area (Å²) in [5.74, 6) is 2.03. The minimum Gasteiger partial charge on any atom is -0.478 e. The fourth-order valence-electron chi connectivity index (χ4n) is 2.82. The van der Waals surface area contributed by atoms with Gasteiger partial charge in [0.1, 0.15) is 17.8 Å². The van der Waals surface area contributed by atoms with Crippen molar-refractivity contribution in [3.8, 4) is 11.5 Å². The second-order valence-electron chi connectivity index (χ2n) is 6.20. The zero-order chi connectivity index (χ0) is 20.1. The second-order valence-corrected chi connectivity index (χ2v) is 7.19. The molecule has 3 aromatic rings. The minimum absolute atomic E-state index is 0.404. The first kappa shape index (κ1) is 20.1. The molecule has 8 nitrogen and oxygen atoms in total. The summed E-state index contributed by atoms with van der Waals surface area (Å²) in [6.45, 7) is 4.51. The number of nitrogens with zero attached hydrogens (tertiary/aromatic N) is 6. The number of ether oxygens (including phenoxy) is 1. The van der Waals surface area contributed by atoms with E-state index in [9.17, 15) is 0 Å². The Kier molecular flexibility index (Phi) is 6.45. The Morgan fingerprint density at radius 1 is 1.29 bits per heavy atom. The molecule has 0 fully saturated rings. The average Bonchev–Trinajstić information content (AvgIpc) is 3.03. The van der Waals surface area contributed by atoms with E-state index in [2.05, 4.69) is 27.3 Å². The van der Waals surface area contributed by atoms with Gasteiger partial charge in [-0.05, 0) is 42.5 Å². The predicted octanol–water partition coefficient (Wildman–Crippen LogP) is 2.98.